The van der Waals surface area contributed by atoms with E-state index in [0.717, 1.165) is 18.3 Å². The molecule has 0 saturated heterocycles. The van der Waals surface area contributed by atoms with Crippen LogP contribution in [-0.4, -0.2) is 12.6 Å². The lowest BCUT2D eigenvalue weighted by Crippen LogP contribution is -2.18. The number of nitrogens with one attached hydrogen (secondary N) is 1. The van der Waals surface area contributed by atoms with Crippen molar-refractivity contribution in [2.45, 2.75) is 65.3 Å². The summed E-state index contributed by atoms with van der Waals surface area (Å²) >= 11 is 0. The van der Waals surface area contributed by atoms with E-state index in [1.807, 2.05) is 6.07 Å². The van der Waals surface area contributed by atoms with Crippen LogP contribution in [0, 0.1) is 11.8 Å². The maximum absolute atomic E-state index is 5.82. The fourth-order valence-corrected chi connectivity index (χ4v) is 3.11. The van der Waals surface area contributed by atoms with Gasteiger partial charge in [0.15, 0.2) is 0 Å². The third-order valence-corrected chi connectivity index (χ3v) is 4.45. The summed E-state index contributed by atoms with van der Waals surface area (Å²) in [5, 5.41) is 3.71. The van der Waals surface area contributed by atoms with Crippen LogP contribution in [0.4, 0.5) is 5.69 Å². The standard InChI is InChI=1S/C19H31NO/c1-4-16-7-5-8-17(12-11-16)20-18-9-6-10-19(13-18)21-14-15(2)3/h6,9-10,13,15-17,20H,4-5,7-8,11-12,14H2,1-3H3. The van der Waals surface area contributed by atoms with E-state index < -0.39 is 0 Å². The quantitative estimate of drug-likeness (QED) is 0.699. The van der Waals surface area contributed by atoms with Crippen molar-refractivity contribution in [3.8, 4) is 5.75 Å². The molecule has 1 aliphatic rings. The molecule has 1 fully saturated rings. The summed E-state index contributed by atoms with van der Waals surface area (Å²) in [6.07, 6.45) is 8.08. The Bertz CT molecular complexity index is 416. The molecule has 2 atom stereocenters. The number of hydrogen-bond donors (Lipinski definition) is 1. The first kappa shape index (κ1) is 16.2. The van der Waals surface area contributed by atoms with Crippen molar-refractivity contribution in [1.82, 2.24) is 0 Å². The predicted octanol–water partition coefficient (Wildman–Crippen LogP) is 5.49. The molecule has 0 aliphatic heterocycles. The zero-order chi connectivity index (χ0) is 15.1. The highest BCUT2D eigenvalue weighted by Gasteiger charge is 2.17. The monoisotopic (exact) mass is 289 g/mol. The first-order valence-electron chi connectivity index (χ1n) is 8.66. The molecule has 2 nitrogen and oxygen atoms in total. The Labute approximate surface area is 130 Å². The molecule has 0 spiro atoms. The van der Waals surface area contributed by atoms with Crippen molar-refractivity contribution in [1.29, 1.82) is 0 Å². The van der Waals surface area contributed by atoms with Gasteiger partial charge in [-0.25, -0.2) is 0 Å². The van der Waals surface area contributed by atoms with E-state index in [-0.39, 0.29) is 0 Å². The molecule has 118 valence electrons. The summed E-state index contributed by atoms with van der Waals surface area (Å²) in [5.41, 5.74) is 1.20. The van der Waals surface area contributed by atoms with Crippen molar-refractivity contribution in [3.63, 3.8) is 0 Å². The Balaban J connectivity index is 1.88. The highest BCUT2D eigenvalue weighted by atomic mass is 16.5. The van der Waals surface area contributed by atoms with Crippen molar-refractivity contribution in [2.75, 3.05) is 11.9 Å². The SMILES string of the molecule is CCC1CCCC(Nc2cccc(OCC(C)C)c2)CC1. The summed E-state index contributed by atoms with van der Waals surface area (Å²) in [4.78, 5) is 0. The lowest BCUT2D eigenvalue weighted by atomic mass is 9.98. The minimum atomic E-state index is 0.564. The zero-order valence-electron chi connectivity index (χ0n) is 13.9. The molecule has 2 rings (SSSR count). The van der Waals surface area contributed by atoms with Gasteiger partial charge in [0.25, 0.3) is 0 Å². The van der Waals surface area contributed by atoms with Gasteiger partial charge in [-0.1, -0.05) is 46.1 Å². The first-order chi connectivity index (χ1) is 10.2. The Kier molecular flexibility index (Phi) is 6.41. The average Bonchev–Trinajstić information content (AvgIpc) is 2.71. The van der Waals surface area contributed by atoms with E-state index in [2.05, 4.69) is 44.3 Å². The average molecular weight is 289 g/mol. The maximum Gasteiger partial charge on any atom is 0.121 e. The van der Waals surface area contributed by atoms with Gasteiger partial charge >= 0.3 is 0 Å². The van der Waals surface area contributed by atoms with E-state index in [1.54, 1.807) is 0 Å². The van der Waals surface area contributed by atoms with E-state index in [1.165, 1.54) is 44.2 Å². The lowest BCUT2D eigenvalue weighted by Gasteiger charge is -2.19. The summed E-state index contributed by atoms with van der Waals surface area (Å²) < 4.78 is 5.82. The maximum atomic E-state index is 5.82. The number of rotatable bonds is 6. The summed E-state index contributed by atoms with van der Waals surface area (Å²) in [6.45, 7) is 7.47. The van der Waals surface area contributed by atoms with Crippen LogP contribution < -0.4 is 10.1 Å². The minimum Gasteiger partial charge on any atom is -0.493 e. The van der Waals surface area contributed by atoms with Gasteiger partial charge < -0.3 is 10.1 Å². The van der Waals surface area contributed by atoms with Crippen LogP contribution in [0.15, 0.2) is 24.3 Å². The van der Waals surface area contributed by atoms with Gasteiger partial charge in [0.1, 0.15) is 5.75 Å². The van der Waals surface area contributed by atoms with Crippen molar-refractivity contribution in [3.05, 3.63) is 24.3 Å². The molecule has 0 amide bonds. The largest absolute Gasteiger partial charge is 0.493 e. The summed E-state index contributed by atoms with van der Waals surface area (Å²) in [7, 11) is 0. The van der Waals surface area contributed by atoms with E-state index in [9.17, 15) is 0 Å². The number of anilines is 1. The van der Waals surface area contributed by atoms with Crippen molar-refractivity contribution in [2.24, 2.45) is 11.8 Å². The Hall–Kier alpha value is -1.18. The van der Waals surface area contributed by atoms with E-state index >= 15 is 0 Å². The van der Waals surface area contributed by atoms with Crippen LogP contribution in [0.5, 0.6) is 5.75 Å². The van der Waals surface area contributed by atoms with Crippen molar-refractivity contribution >= 4 is 5.69 Å². The zero-order valence-corrected chi connectivity index (χ0v) is 13.9. The molecule has 0 bridgehead atoms. The second-order valence-electron chi connectivity index (χ2n) is 6.86. The number of benzene rings is 1. The van der Waals surface area contributed by atoms with Gasteiger partial charge in [0, 0.05) is 17.8 Å². The fraction of sp³-hybridized carbons (Fsp3) is 0.684. The third kappa shape index (κ3) is 5.61. The van der Waals surface area contributed by atoms with Crippen LogP contribution >= 0.6 is 0 Å². The van der Waals surface area contributed by atoms with Crippen LogP contribution in [0.3, 0.4) is 0 Å². The molecule has 2 unspecified atom stereocenters. The molecule has 1 aromatic rings. The van der Waals surface area contributed by atoms with Gasteiger partial charge in [0.05, 0.1) is 6.61 Å². The molecular weight excluding hydrogens is 258 g/mol. The van der Waals surface area contributed by atoms with Crippen LogP contribution in [0.25, 0.3) is 0 Å². The molecule has 1 saturated carbocycles. The van der Waals surface area contributed by atoms with E-state index in [0.29, 0.717) is 12.0 Å². The Morgan fingerprint density at radius 2 is 2.05 bits per heavy atom. The topological polar surface area (TPSA) is 21.3 Å². The minimum absolute atomic E-state index is 0.564. The molecule has 2 heteroatoms. The van der Waals surface area contributed by atoms with Crippen LogP contribution in [0.2, 0.25) is 0 Å². The molecular formula is C19H31NO. The normalized spacial score (nSPS) is 22.9. The number of hydrogen-bond acceptors (Lipinski definition) is 2. The molecule has 0 radical (unpaired) electrons. The summed E-state index contributed by atoms with van der Waals surface area (Å²) in [6, 6.07) is 9.06. The molecule has 1 aliphatic carbocycles. The van der Waals surface area contributed by atoms with Crippen LogP contribution in [0.1, 0.15) is 59.3 Å². The first-order valence-corrected chi connectivity index (χ1v) is 8.66. The fourth-order valence-electron chi connectivity index (χ4n) is 3.11. The predicted molar refractivity (Wildman–Crippen MR) is 91.1 cm³/mol. The smallest absolute Gasteiger partial charge is 0.121 e. The summed E-state index contributed by atoms with van der Waals surface area (Å²) in [5.74, 6) is 2.49. The third-order valence-electron chi connectivity index (χ3n) is 4.45. The second-order valence-corrected chi connectivity index (χ2v) is 6.86. The van der Waals surface area contributed by atoms with Crippen molar-refractivity contribution < 1.29 is 4.74 Å². The molecule has 1 N–H and O–H groups in total. The highest BCUT2D eigenvalue weighted by molar-refractivity contribution is 5.48. The number of ether oxygens (including phenoxy) is 1. The van der Waals surface area contributed by atoms with Gasteiger partial charge in [-0.15, -0.1) is 0 Å². The van der Waals surface area contributed by atoms with Crippen LogP contribution in [-0.2, 0) is 0 Å². The van der Waals surface area contributed by atoms with Gasteiger partial charge in [-0.05, 0) is 43.2 Å². The van der Waals surface area contributed by atoms with Gasteiger partial charge in [-0.3, -0.25) is 0 Å². The molecule has 21 heavy (non-hydrogen) atoms. The highest BCUT2D eigenvalue weighted by Crippen LogP contribution is 2.28. The second kappa shape index (κ2) is 8.31. The lowest BCUT2D eigenvalue weighted by molar-refractivity contribution is 0.271. The molecule has 0 heterocycles. The molecule has 1 aromatic carbocycles. The van der Waals surface area contributed by atoms with Gasteiger partial charge in [0.2, 0.25) is 0 Å². The van der Waals surface area contributed by atoms with E-state index in [4.69, 9.17) is 4.74 Å². The Morgan fingerprint density at radius 1 is 1.19 bits per heavy atom. The van der Waals surface area contributed by atoms with Gasteiger partial charge in [-0.2, -0.15) is 0 Å². The Morgan fingerprint density at radius 3 is 2.81 bits per heavy atom. The molecule has 0 aromatic heterocycles.